The van der Waals surface area contributed by atoms with Crippen molar-refractivity contribution >= 4 is 12.0 Å². The topological polar surface area (TPSA) is 46.5 Å². The van der Waals surface area contributed by atoms with E-state index in [4.69, 9.17) is 9.84 Å². The third-order valence-electron chi connectivity index (χ3n) is 2.53. The van der Waals surface area contributed by atoms with Gasteiger partial charge in [0, 0.05) is 6.08 Å². The van der Waals surface area contributed by atoms with Crippen LogP contribution < -0.4 is 4.74 Å². The molecule has 1 unspecified atom stereocenters. The van der Waals surface area contributed by atoms with E-state index in [2.05, 4.69) is 13.8 Å². The molecule has 3 heteroatoms. The van der Waals surface area contributed by atoms with Crippen LogP contribution in [0.3, 0.4) is 0 Å². The number of hydrogen-bond acceptors (Lipinski definition) is 2. The molecule has 1 rings (SSSR count). The van der Waals surface area contributed by atoms with Crippen LogP contribution in [-0.2, 0) is 4.79 Å². The summed E-state index contributed by atoms with van der Waals surface area (Å²) in [5, 5.41) is 8.49. The third kappa shape index (κ3) is 5.20. The molecule has 1 aromatic carbocycles. The molecular weight excluding hydrogens is 216 g/mol. The van der Waals surface area contributed by atoms with Crippen LogP contribution in [0, 0.1) is 5.92 Å². The molecule has 1 aromatic rings. The van der Waals surface area contributed by atoms with Gasteiger partial charge in [0.05, 0.1) is 6.61 Å². The first-order valence-corrected chi connectivity index (χ1v) is 5.75. The lowest BCUT2D eigenvalue weighted by Crippen LogP contribution is -2.06. The van der Waals surface area contributed by atoms with Crippen molar-refractivity contribution < 1.29 is 14.6 Å². The Morgan fingerprint density at radius 2 is 2.06 bits per heavy atom. The standard InChI is InChI=1S/C14H18O3/c1-3-11(2)10-17-13-7-4-12(5-8-13)6-9-14(15)16/h4-9,11H,3,10H2,1-2H3,(H,15,16)/b9-6+. The van der Waals surface area contributed by atoms with Crippen molar-refractivity contribution in [1.82, 2.24) is 0 Å². The van der Waals surface area contributed by atoms with E-state index in [0.29, 0.717) is 12.5 Å². The van der Waals surface area contributed by atoms with Gasteiger partial charge >= 0.3 is 5.97 Å². The highest BCUT2D eigenvalue weighted by atomic mass is 16.5. The zero-order valence-corrected chi connectivity index (χ0v) is 10.2. The van der Waals surface area contributed by atoms with Gasteiger partial charge in [0.1, 0.15) is 5.75 Å². The minimum Gasteiger partial charge on any atom is -0.493 e. The van der Waals surface area contributed by atoms with Crippen LogP contribution >= 0.6 is 0 Å². The van der Waals surface area contributed by atoms with Gasteiger partial charge in [-0.2, -0.15) is 0 Å². The lowest BCUT2D eigenvalue weighted by molar-refractivity contribution is -0.131. The van der Waals surface area contributed by atoms with Crippen LogP contribution in [0.15, 0.2) is 30.3 Å². The number of carboxylic acid groups (broad SMARTS) is 1. The van der Waals surface area contributed by atoms with Crippen molar-refractivity contribution in [3.63, 3.8) is 0 Å². The molecule has 1 atom stereocenters. The Morgan fingerprint density at radius 3 is 2.59 bits per heavy atom. The third-order valence-corrected chi connectivity index (χ3v) is 2.53. The highest BCUT2D eigenvalue weighted by Gasteiger charge is 2.00. The lowest BCUT2D eigenvalue weighted by Gasteiger charge is -2.10. The maximum absolute atomic E-state index is 10.3. The van der Waals surface area contributed by atoms with E-state index in [0.717, 1.165) is 23.8 Å². The van der Waals surface area contributed by atoms with Crippen LogP contribution in [0.25, 0.3) is 6.08 Å². The molecule has 0 bridgehead atoms. The first-order valence-electron chi connectivity index (χ1n) is 5.75. The molecule has 0 aliphatic heterocycles. The van der Waals surface area contributed by atoms with Gasteiger partial charge in [-0.15, -0.1) is 0 Å². The minimum absolute atomic E-state index is 0.543. The molecule has 1 N–H and O–H groups in total. The molecule has 0 aliphatic carbocycles. The van der Waals surface area contributed by atoms with Crippen molar-refractivity contribution in [2.45, 2.75) is 20.3 Å². The fraction of sp³-hybridized carbons (Fsp3) is 0.357. The number of carboxylic acids is 1. The van der Waals surface area contributed by atoms with E-state index in [1.165, 1.54) is 0 Å². The lowest BCUT2D eigenvalue weighted by atomic mass is 10.1. The van der Waals surface area contributed by atoms with Crippen LogP contribution in [0.4, 0.5) is 0 Å². The Hall–Kier alpha value is -1.77. The molecule has 3 nitrogen and oxygen atoms in total. The Morgan fingerprint density at radius 1 is 1.41 bits per heavy atom. The zero-order valence-electron chi connectivity index (χ0n) is 10.2. The monoisotopic (exact) mass is 234 g/mol. The predicted octanol–water partition coefficient (Wildman–Crippen LogP) is 3.21. The highest BCUT2D eigenvalue weighted by Crippen LogP contribution is 2.14. The highest BCUT2D eigenvalue weighted by molar-refractivity contribution is 5.85. The summed E-state index contributed by atoms with van der Waals surface area (Å²) in [6, 6.07) is 7.38. The summed E-state index contributed by atoms with van der Waals surface area (Å²) in [6.07, 6.45) is 3.77. The smallest absolute Gasteiger partial charge is 0.328 e. The van der Waals surface area contributed by atoms with Crippen molar-refractivity contribution in [3.8, 4) is 5.75 Å². The van der Waals surface area contributed by atoms with Gasteiger partial charge in [-0.25, -0.2) is 4.79 Å². The predicted molar refractivity (Wildman–Crippen MR) is 68.1 cm³/mol. The Balaban J connectivity index is 2.53. The van der Waals surface area contributed by atoms with Crippen LogP contribution in [0.1, 0.15) is 25.8 Å². The van der Waals surface area contributed by atoms with Gasteiger partial charge in [0.25, 0.3) is 0 Å². The average molecular weight is 234 g/mol. The van der Waals surface area contributed by atoms with Crippen LogP contribution in [-0.4, -0.2) is 17.7 Å². The van der Waals surface area contributed by atoms with Crippen molar-refractivity contribution in [1.29, 1.82) is 0 Å². The van der Waals surface area contributed by atoms with Gasteiger partial charge < -0.3 is 9.84 Å². The molecule has 0 amide bonds. The van der Waals surface area contributed by atoms with E-state index in [9.17, 15) is 4.79 Å². The van der Waals surface area contributed by atoms with Crippen molar-refractivity contribution in [2.75, 3.05) is 6.61 Å². The molecule has 0 heterocycles. The summed E-state index contributed by atoms with van der Waals surface area (Å²) in [6.45, 7) is 4.98. The van der Waals surface area contributed by atoms with Crippen molar-refractivity contribution in [3.05, 3.63) is 35.9 Å². The molecule has 0 saturated heterocycles. The first kappa shape index (κ1) is 13.3. The summed E-state index contributed by atoms with van der Waals surface area (Å²) in [5.41, 5.74) is 0.850. The van der Waals surface area contributed by atoms with Crippen molar-refractivity contribution in [2.24, 2.45) is 5.92 Å². The Kier molecular flexibility index (Phi) is 5.27. The second kappa shape index (κ2) is 6.74. The molecular formula is C14H18O3. The van der Waals surface area contributed by atoms with E-state index in [-0.39, 0.29) is 0 Å². The summed E-state index contributed by atoms with van der Waals surface area (Å²) < 4.78 is 5.60. The molecule has 92 valence electrons. The van der Waals surface area contributed by atoms with E-state index < -0.39 is 5.97 Å². The first-order chi connectivity index (χ1) is 8.11. The average Bonchev–Trinajstić information content (AvgIpc) is 2.34. The summed E-state index contributed by atoms with van der Waals surface area (Å²) in [7, 11) is 0. The molecule has 17 heavy (non-hydrogen) atoms. The maximum Gasteiger partial charge on any atom is 0.328 e. The fourth-order valence-corrected chi connectivity index (χ4v) is 1.20. The quantitative estimate of drug-likeness (QED) is 0.769. The number of aliphatic carboxylic acids is 1. The second-order valence-electron chi connectivity index (χ2n) is 4.07. The SMILES string of the molecule is CCC(C)COc1ccc(/C=C/C(=O)O)cc1. The van der Waals surface area contributed by atoms with Gasteiger partial charge in [0.2, 0.25) is 0 Å². The normalized spacial score (nSPS) is 12.6. The molecule has 0 radical (unpaired) electrons. The van der Waals surface area contributed by atoms with Crippen LogP contribution in [0.2, 0.25) is 0 Å². The molecule has 0 spiro atoms. The zero-order chi connectivity index (χ0) is 12.7. The maximum atomic E-state index is 10.3. The molecule has 0 saturated carbocycles. The number of benzene rings is 1. The van der Waals surface area contributed by atoms with Gasteiger partial charge in [0.15, 0.2) is 0 Å². The van der Waals surface area contributed by atoms with Crippen LogP contribution in [0.5, 0.6) is 5.75 Å². The molecule has 0 aromatic heterocycles. The Labute approximate surface area is 102 Å². The van der Waals surface area contributed by atoms with Gasteiger partial charge in [-0.1, -0.05) is 32.4 Å². The number of ether oxygens (including phenoxy) is 1. The Bertz CT molecular complexity index is 379. The summed E-state index contributed by atoms with van der Waals surface area (Å²) >= 11 is 0. The van der Waals surface area contributed by atoms with E-state index >= 15 is 0 Å². The number of hydrogen-bond donors (Lipinski definition) is 1. The van der Waals surface area contributed by atoms with E-state index in [1.54, 1.807) is 6.08 Å². The minimum atomic E-state index is -0.943. The summed E-state index contributed by atoms with van der Waals surface area (Å²) in [5.74, 6) is 0.418. The number of carbonyl (C=O) groups is 1. The largest absolute Gasteiger partial charge is 0.493 e. The number of rotatable bonds is 6. The van der Waals surface area contributed by atoms with E-state index in [1.807, 2.05) is 24.3 Å². The summed E-state index contributed by atoms with van der Waals surface area (Å²) in [4.78, 5) is 10.3. The molecule has 0 fully saturated rings. The van der Waals surface area contributed by atoms with Gasteiger partial charge in [-0.3, -0.25) is 0 Å². The molecule has 0 aliphatic rings. The van der Waals surface area contributed by atoms with Gasteiger partial charge in [-0.05, 0) is 29.7 Å². The fourth-order valence-electron chi connectivity index (χ4n) is 1.20. The second-order valence-corrected chi connectivity index (χ2v) is 4.07.